The monoisotopic (exact) mass is 497 g/mol. The minimum Gasteiger partial charge on any atom is -0.504 e. The van der Waals surface area contributed by atoms with E-state index in [1.807, 2.05) is 6.92 Å². The number of nitrogens with one attached hydrogen (secondary N) is 1. The molecule has 1 saturated carbocycles. The van der Waals surface area contributed by atoms with E-state index >= 15 is 0 Å². The maximum absolute atomic E-state index is 13.8. The summed E-state index contributed by atoms with van der Waals surface area (Å²) in [5, 5.41) is 13.6. The number of dihydropyridines is 1. The number of esters is 2. The first-order chi connectivity index (χ1) is 17.3. The van der Waals surface area contributed by atoms with Gasteiger partial charge in [-0.2, -0.15) is 0 Å². The van der Waals surface area contributed by atoms with Gasteiger partial charge in [-0.3, -0.25) is 9.59 Å². The smallest absolute Gasteiger partial charge is 0.337 e. The van der Waals surface area contributed by atoms with E-state index in [1.54, 1.807) is 26.0 Å². The van der Waals surface area contributed by atoms with Gasteiger partial charge < -0.3 is 24.6 Å². The molecule has 4 rings (SSSR count). The van der Waals surface area contributed by atoms with Crippen LogP contribution in [0, 0.1) is 11.8 Å². The molecule has 1 fully saturated rings. The van der Waals surface area contributed by atoms with Crippen molar-refractivity contribution in [1.29, 1.82) is 0 Å². The first kappa shape index (κ1) is 25.8. The number of carbonyl (C=O) groups is 3. The van der Waals surface area contributed by atoms with Gasteiger partial charge >= 0.3 is 11.9 Å². The Morgan fingerprint density at radius 3 is 2.56 bits per heavy atom. The summed E-state index contributed by atoms with van der Waals surface area (Å²) in [6.45, 7) is 5.80. The molecule has 2 N–H and O–H groups in total. The summed E-state index contributed by atoms with van der Waals surface area (Å²) in [5.41, 5.74) is 2.60. The summed E-state index contributed by atoms with van der Waals surface area (Å²) in [7, 11) is 1.27. The average molecular weight is 498 g/mol. The first-order valence-electron chi connectivity index (χ1n) is 12.8. The topological polar surface area (TPSA) is 111 Å². The molecule has 8 nitrogen and oxygen atoms in total. The van der Waals surface area contributed by atoms with E-state index in [2.05, 4.69) is 5.32 Å². The molecule has 0 saturated heterocycles. The van der Waals surface area contributed by atoms with Crippen LogP contribution in [0.1, 0.15) is 70.8 Å². The Labute approximate surface area is 211 Å². The van der Waals surface area contributed by atoms with Gasteiger partial charge in [0.05, 0.1) is 19.3 Å². The number of allylic oxidation sites excluding steroid dienone is 3. The molecule has 8 heteroatoms. The van der Waals surface area contributed by atoms with Crippen LogP contribution < -0.4 is 10.1 Å². The van der Waals surface area contributed by atoms with Gasteiger partial charge in [0.2, 0.25) is 0 Å². The van der Waals surface area contributed by atoms with Gasteiger partial charge in [0.25, 0.3) is 0 Å². The number of methoxy groups -OCH3 is 1. The Kier molecular flexibility index (Phi) is 7.71. The number of Topliss-reactive ketones (excluding diaryl/α,β-unsaturated/α-hetero) is 1. The Morgan fingerprint density at radius 2 is 1.89 bits per heavy atom. The highest BCUT2D eigenvalue weighted by molar-refractivity contribution is 6.12. The van der Waals surface area contributed by atoms with Crippen LogP contribution in [-0.2, 0) is 23.9 Å². The van der Waals surface area contributed by atoms with Crippen LogP contribution in [0.4, 0.5) is 0 Å². The molecule has 1 heterocycles. The van der Waals surface area contributed by atoms with Gasteiger partial charge in [-0.05, 0) is 69.6 Å². The van der Waals surface area contributed by atoms with E-state index in [0.29, 0.717) is 41.1 Å². The van der Waals surface area contributed by atoms with Crippen molar-refractivity contribution in [1.82, 2.24) is 5.32 Å². The lowest BCUT2D eigenvalue weighted by atomic mass is 9.69. The summed E-state index contributed by atoms with van der Waals surface area (Å²) in [6.07, 6.45) is 5.09. The molecule has 0 radical (unpaired) electrons. The summed E-state index contributed by atoms with van der Waals surface area (Å²) >= 11 is 0. The zero-order valence-corrected chi connectivity index (χ0v) is 21.4. The van der Waals surface area contributed by atoms with E-state index < -0.39 is 23.8 Å². The number of ether oxygens (including phenoxy) is 3. The lowest BCUT2D eigenvalue weighted by molar-refractivity contribution is -0.151. The lowest BCUT2D eigenvalue weighted by Crippen LogP contribution is -2.43. The van der Waals surface area contributed by atoms with Crippen molar-refractivity contribution < 1.29 is 33.7 Å². The number of benzene rings is 1. The number of phenolic OH excluding ortho intramolecular Hbond substituents is 1. The van der Waals surface area contributed by atoms with E-state index in [1.165, 1.54) is 13.2 Å². The van der Waals surface area contributed by atoms with Gasteiger partial charge in [-0.15, -0.1) is 0 Å². The van der Waals surface area contributed by atoms with Crippen LogP contribution in [0.3, 0.4) is 0 Å². The third-order valence-corrected chi connectivity index (χ3v) is 7.41. The molecule has 0 aromatic heterocycles. The third kappa shape index (κ3) is 4.86. The number of hydrogen-bond acceptors (Lipinski definition) is 8. The largest absolute Gasteiger partial charge is 0.504 e. The van der Waals surface area contributed by atoms with Crippen LogP contribution in [0.25, 0.3) is 0 Å². The zero-order valence-electron chi connectivity index (χ0n) is 21.4. The maximum atomic E-state index is 13.8. The molecule has 1 aliphatic heterocycles. The number of carbonyl (C=O) groups excluding carboxylic acids is 3. The zero-order chi connectivity index (χ0) is 26.0. The van der Waals surface area contributed by atoms with Gasteiger partial charge in [0.1, 0.15) is 12.0 Å². The molecule has 1 aromatic carbocycles. The number of ketones is 1. The second kappa shape index (κ2) is 10.8. The van der Waals surface area contributed by atoms with Crippen LogP contribution in [0.5, 0.6) is 11.5 Å². The van der Waals surface area contributed by atoms with Crippen molar-refractivity contribution in [3.63, 3.8) is 0 Å². The number of hydrogen-bond donors (Lipinski definition) is 2. The normalized spacial score (nSPS) is 24.7. The van der Waals surface area contributed by atoms with E-state index in [4.69, 9.17) is 14.2 Å². The van der Waals surface area contributed by atoms with Crippen LogP contribution in [0.2, 0.25) is 0 Å². The first-order valence-corrected chi connectivity index (χ1v) is 12.8. The number of rotatable bonds is 6. The minimum atomic E-state index is -0.962. The summed E-state index contributed by atoms with van der Waals surface area (Å²) in [5.74, 6) is -3.21. The predicted molar refractivity (Wildman–Crippen MR) is 132 cm³/mol. The SMILES string of the molecule is CCOc1cc([C@H]2C(C(=O)OC3CCCCC3)=C(C)NC3=C2C(=O)[C@@H](C(=O)OC)[C@H](C)C3)ccc1O. The number of aromatic hydroxyl groups is 1. The second-order valence-electron chi connectivity index (χ2n) is 9.86. The van der Waals surface area contributed by atoms with E-state index in [-0.39, 0.29) is 29.3 Å². The standard InChI is InChI=1S/C28H35NO7/c1-5-35-21-14-17(11-12-20(21)30)24-23(28(33)36-18-9-7-6-8-10-18)16(3)29-19-13-15(2)22(27(32)34-4)26(31)25(19)24/h11-12,14-15,18,22,24,29-30H,5-10,13H2,1-4H3/t15-,22+,24+/m1/s1. The molecule has 2 aliphatic carbocycles. The van der Waals surface area contributed by atoms with Crippen molar-refractivity contribution in [3.8, 4) is 11.5 Å². The molecule has 3 aliphatic rings. The highest BCUT2D eigenvalue weighted by atomic mass is 16.5. The van der Waals surface area contributed by atoms with E-state index in [0.717, 1.165) is 32.1 Å². The van der Waals surface area contributed by atoms with Crippen molar-refractivity contribution in [3.05, 3.63) is 46.3 Å². The Balaban J connectivity index is 1.82. The van der Waals surface area contributed by atoms with Crippen LogP contribution >= 0.6 is 0 Å². The molecule has 194 valence electrons. The molecule has 3 atom stereocenters. The van der Waals surface area contributed by atoms with Gasteiger partial charge in [-0.1, -0.05) is 19.4 Å². The van der Waals surface area contributed by atoms with Crippen molar-refractivity contribution in [2.45, 2.75) is 71.3 Å². The van der Waals surface area contributed by atoms with Gasteiger partial charge in [-0.25, -0.2) is 4.79 Å². The molecular weight excluding hydrogens is 462 g/mol. The Bertz CT molecular complexity index is 1110. The van der Waals surface area contributed by atoms with Crippen molar-refractivity contribution >= 4 is 17.7 Å². The Hall–Kier alpha value is -3.29. The average Bonchev–Trinajstić information content (AvgIpc) is 2.85. The molecule has 0 unspecified atom stereocenters. The molecule has 36 heavy (non-hydrogen) atoms. The third-order valence-electron chi connectivity index (χ3n) is 7.41. The van der Waals surface area contributed by atoms with Crippen molar-refractivity contribution in [2.24, 2.45) is 11.8 Å². The highest BCUT2D eigenvalue weighted by Gasteiger charge is 2.47. The van der Waals surface area contributed by atoms with Gasteiger partial charge in [0.15, 0.2) is 17.3 Å². The predicted octanol–water partition coefficient (Wildman–Crippen LogP) is 4.28. The summed E-state index contributed by atoms with van der Waals surface area (Å²) < 4.78 is 16.5. The minimum absolute atomic E-state index is 0.0354. The summed E-state index contributed by atoms with van der Waals surface area (Å²) in [4.78, 5) is 40.1. The Morgan fingerprint density at radius 1 is 1.17 bits per heavy atom. The molecule has 0 spiro atoms. The van der Waals surface area contributed by atoms with Crippen LogP contribution in [-0.4, -0.2) is 42.6 Å². The fraction of sp³-hybridized carbons (Fsp3) is 0.536. The second-order valence-corrected chi connectivity index (χ2v) is 9.86. The fourth-order valence-corrected chi connectivity index (χ4v) is 5.66. The maximum Gasteiger partial charge on any atom is 0.337 e. The number of phenols is 1. The molecule has 0 amide bonds. The van der Waals surface area contributed by atoms with E-state index in [9.17, 15) is 19.5 Å². The molecule has 0 bridgehead atoms. The quantitative estimate of drug-likeness (QED) is 0.443. The highest BCUT2D eigenvalue weighted by Crippen LogP contribution is 2.47. The van der Waals surface area contributed by atoms with Crippen molar-refractivity contribution in [2.75, 3.05) is 13.7 Å². The summed E-state index contributed by atoms with van der Waals surface area (Å²) in [6, 6.07) is 4.83. The fourth-order valence-electron chi connectivity index (χ4n) is 5.66. The van der Waals surface area contributed by atoms with Gasteiger partial charge in [0, 0.05) is 22.9 Å². The van der Waals surface area contributed by atoms with Crippen LogP contribution in [0.15, 0.2) is 40.7 Å². The molecular formula is C28H35NO7. The molecule has 1 aromatic rings. The lowest BCUT2D eigenvalue weighted by Gasteiger charge is -2.38.